The number of likely N-dealkylation sites (N-methyl/N-ethyl adjacent to an activating group) is 1. The molecular formula is C14H17N3O2S. The Morgan fingerprint density at radius 2 is 2.05 bits per heavy atom. The Morgan fingerprint density at radius 3 is 2.70 bits per heavy atom. The third-order valence-corrected chi connectivity index (χ3v) is 3.57. The van der Waals surface area contributed by atoms with Crippen LogP contribution in [0.25, 0.3) is 0 Å². The second-order valence-electron chi connectivity index (χ2n) is 4.56. The summed E-state index contributed by atoms with van der Waals surface area (Å²) in [5.74, 6) is 0.795. The van der Waals surface area contributed by atoms with Gasteiger partial charge in [-0.2, -0.15) is 0 Å². The van der Waals surface area contributed by atoms with Crippen LogP contribution in [0.1, 0.15) is 10.7 Å². The Kier molecular flexibility index (Phi) is 4.57. The van der Waals surface area contributed by atoms with E-state index >= 15 is 0 Å². The first-order valence-corrected chi connectivity index (χ1v) is 7.04. The summed E-state index contributed by atoms with van der Waals surface area (Å²) in [4.78, 5) is 17.5. The minimum absolute atomic E-state index is 0.0466. The maximum absolute atomic E-state index is 11.6. The minimum Gasteiger partial charge on any atom is -0.487 e. The van der Waals surface area contributed by atoms with Crippen molar-refractivity contribution >= 4 is 22.9 Å². The van der Waals surface area contributed by atoms with Gasteiger partial charge in [0.15, 0.2) is 0 Å². The van der Waals surface area contributed by atoms with Crippen molar-refractivity contribution in [2.24, 2.45) is 0 Å². The van der Waals surface area contributed by atoms with E-state index < -0.39 is 0 Å². The van der Waals surface area contributed by atoms with Crippen molar-refractivity contribution in [3.63, 3.8) is 0 Å². The molecule has 106 valence electrons. The van der Waals surface area contributed by atoms with E-state index in [4.69, 9.17) is 10.5 Å². The summed E-state index contributed by atoms with van der Waals surface area (Å²) in [6.07, 6.45) is 0.333. The molecule has 2 rings (SSSR count). The van der Waals surface area contributed by atoms with Gasteiger partial charge in [-0.1, -0.05) is 0 Å². The van der Waals surface area contributed by atoms with Gasteiger partial charge in [0.1, 0.15) is 17.4 Å². The Balaban J connectivity index is 1.89. The fourth-order valence-corrected chi connectivity index (χ4v) is 2.27. The number of amides is 1. The average Bonchev–Trinajstić information content (AvgIpc) is 2.85. The number of carbonyl (C=O) groups is 1. The van der Waals surface area contributed by atoms with E-state index in [2.05, 4.69) is 4.98 Å². The lowest BCUT2D eigenvalue weighted by atomic mass is 10.3. The predicted molar refractivity (Wildman–Crippen MR) is 79.7 cm³/mol. The molecule has 2 N–H and O–H groups in total. The monoisotopic (exact) mass is 291 g/mol. The van der Waals surface area contributed by atoms with Gasteiger partial charge < -0.3 is 15.4 Å². The molecule has 2 aromatic rings. The van der Waals surface area contributed by atoms with Crippen molar-refractivity contribution in [3.05, 3.63) is 40.3 Å². The maximum Gasteiger partial charge on any atom is 0.228 e. The molecule has 0 saturated carbocycles. The number of hydrogen-bond acceptors (Lipinski definition) is 5. The van der Waals surface area contributed by atoms with Crippen LogP contribution < -0.4 is 10.5 Å². The van der Waals surface area contributed by atoms with Crippen molar-refractivity contribution in [3.8, 4) is 5.75 Å². The molecule has 0 saturated heterocycles. The second-order valence-corrected chi connectivity index (χ2v) is 5.50. The van der Waals surface area contributed by atoms with Gasteiger partial charge in [-0.15, -0.1) is 11.3 Å². The molecule has 0 aliphatic carbocycles. The molecule has 1 aromatic carbocycles. The Hall–Kier alpha value is -2.08. The summed E-state index contributed by atoms with van der Waals surface area (Å²) in [5.41, 5.74) is 7.14. The van der Waals surface area contributed by atoms with Crippen molar-refractivity contribution in [1.82, 2.24) is 9.88 Å². The zero-order chi connectivity index (χ0) is 14.5. The summed E-state index contributed by atoms with van der Waals surface area (Å²) in [7, 11) is 3.47. The zero-order valence-corrected chi connectivity index (χ0v) is 12.3. The Morgan fingerprint density at radius 1 is 1.35 bits per heavy atom. The molecule has 0 aliphatic rings. The van der Waals surface area contributed by atoms with Crippen molar-refractivity contribution in [2.75, 3.05) is 19.8 Å². The molecule has 0 aliphatic heterocycles. The molecular weight excluding hydrogens is 274 g/mol. The van der Waals surface area contributed by atoms with Crippen LogP contribution in [-0.2, 0) is 17.8 Å². The summed E-state index contributed by atoms with van der Waals surface area (Å²) in [6, 6.07) is 7.21. The number of nitrogens with two attached hydrogens (primary N) is 1. The van der Waals surface area contributed by atoms with Gasteiger partial charge in [0, 0.05) is 25.2 Å². The molecule has 1 heterocycles. The standard InChI is InChI=1S/C14H17N3O2S/c1-17(2)14(18)7-13-16-11(9-20-13)8-19-12-5-3-10(15)4-6-12/h3-6,9H,7-8,15H2,1-2H3. The van der Waals surface area contributed by atoms with Crippen LogP contribution in [0.2, 0.25) is 0 Å². The molecule has 0 radical (unpaired) electrons. The van der Waals surface area contributed by atoms with Gasteiger partial charge in [0.2, 0.25) is 5.91 Å². The van der Waals surface area contributed by atoms with E-state index in [-0.39, 0.29) is 5.91 Å². The lowest BCUT2D eigenvalue weighted by Gasteiger charge is -2.07. The van der Waals surface area contributed by atoms with E-state index in [0.29, 0.717) is 18.7 Å². The molecule has 20 heavy (non-hydrogen) atoms. The number of anilines is 1. The Labute approximate surface area is 122 Å². The second kappa shape index (κ2) is 6.38. The molecule has 0 bridgehead atoms. The predicted octanol–water partition coefficient (Wildman–Crippen LogP) is 1.93. The Bertz CT molecular complexity index is 578. The number of aromatic nitrogens is 1. The fraction of sp³-hybridized carbons (Fsp3) is 0.286. The molecule has 0 spiro atoms. The van der Waals surface area contributed by atoms with Gasteiger partial charge in [-0.25, -0.2) is 4.98 Å². The van der Waals surface area contributed by atoms with Gasteiger partial charge in [0.25, 0.3) is 0 Å². The van der Waals surface area contributed by atoms with Gasteiger partial charge in [-0.3, -0.25) is 4.79 Å². The first-order valence-electron chi connectivity index (χ1n) is 6.16. The van der Waals surface area contributed by atoms with E-state index in [1.807, 2.05) is 17.5 Å². The fourth-order valence-electron chi connectivity index (χ4n) is 1.51. The largest absolute Gasteiger partial charge is 0.487 e. The molecule has 0 unspecified atom stereocenters. The van der Waals surface area contributed by atoms with Crippen LogP contribution in [0.3, 0.4) is 0 Å². The third kappa shape index (κ3) is 3.96. The molecule has 0 atom stereocenters. The quantitative estimate of drug-likeness (QED) is 0.855. The van der Waals surface area contributed by atoms with Crippen LogP contribution in [-0.4, -0.2) is 29.9 Å². The van der Waals surface area contributed by atoms with Crippen LogP contribution >= 0.6 is 11.3 Å². The lowest BCUT2D eigenvalue weighted by Crippen LogP contribution is -2.23. The smallest absolute Gasteiger partial charge is 0.228 e. The first kappa shape index (κ1) is 14.3. The minimum atomic E-state index is 0.0466. The number of carbonyl (C=O) groups excluding carboxylic acids is 1. The summed E-state index contributed by atoms with van der Waals surface area (Å²) in [5, 5.41) is 2.72. The molecule has 5 nitrogen and oxygen atoms in total. The molecule has 1 aromatic heterocycles. The number of rotatable bonds is 5. The summed E-state index contributed by atoms with van der Waals surface area (Å²) < 4.78 is 5.61. The zero-order valence-electron chi connectivity index (χ0n) is 11.5. The highest BCUT2D eigenvalue weighted by Crippen LogP contribution is 2.16. The van der Waals surface area contributed by atoms with E-state index in [9.17, 15) is 4.79 Å². The molecule has 6 heteroatoms. The van der Waals surface area contributed by atoms with E-state index in [1.54, 1.807) is 31.1 Å². The highest BCUT2D eigenvalue weighted by Gasteiger charge is 2.09. The van der Waals surface area contributed by atoms with Crippen LogP contribution in [0.15, 0.2) is 29.6 Å². The van der Waals surface area contributed by atoms with Gasteiger partial charge >= 0.3 is 0 Å². The van der Waals surface area contributed by atoms with Crippen LogP contribution in [0.4, 0.5) is 5.69 Å². The normalized spacial score (nSPS) is 10.3. The van der Waals surface area contributed by atoms with E-state index in [0.717, 1.165) is 16.5 Å². The van der Waals surface area contributed by atoms with Gasteiger partial charge in [-0.05, 0) is 24.3 Å². The summed E-state index contributed by atoms with van der Waals surface area (Å²) >= 11 is 1.47. The highest BCUT2D eigenvalue weighted by atomic mass is 32.1. The number of nitrogens with zero attached hydrogens (tertiary/aromatic N) is 2. The number of benzene rings is 1. The molecule has 1 amide bonds. The molecule has 0 fully saturated rings. The maximum atomic E-state index is 11.6. The third-order valence-electron chi connectivity index (χ3n) is 2.67. The first-order chi connectivity index (χ1) is 9.54. The van der Waals surface area contributed by atoms with Crippen molar-refractivity contribution in [2.45, 2.75) is 13.0 Å². The van der Waals surface area contributed by atoms with E-state index in [1.165, 1.54) is 11.3 Å². The number of hydrogen-bond donors (Lipinski definition) is 1. The van der Waals surface area contributed by atoms with Crippen molar-refractivity contribution in [1.29, 1.82) is 0 Å². The van der Waals surface area contributed by atoms with Crippen LogP contribution in [0, 0.1) is 0 Å². The summed E-state index contributed by atoms with van der Waals surface area (Å²) in [6.45, 7) is 0.385. The highest BCUT2D eigenvalue weighted by molar-refractivity contribution is 7.09. The van der Waals surface area contributed by atoms with Gasteiger partial charge in [0.05, 0.1) is 12.1 Å². The van der Waals surface area contributed by atoms with Crippen LogP contribution in [0.5, 0.6) is 5.75 Å². The number of ether oxygens (including phenoxy) is 1. The SMILES string of the molecule is CN(C)C(=O)Cc1nc(COc2ccc(N)cc2)cs1. The number of thiazole rings is 1. The number of nitrogen functional groups attached to an aromatic ring is 1. The topological polar surface area (TPSA) is 68.5 Å². The lowest BCUT2D eigenvalue weighted by molar-refractivity contribution is -0.127. The van der Waals surface area contributed by atoms with Crippen molar-refractivity contribution < 1.29 is 9.53 Å². The average molecular weight is 291 g/mol.